The van der Waals surface area contributed by atoms with Crippen LogP contribution in [-0.4, -0.2) is 24.2 Å². The number of carbonyl (C=O) groups is 1. The van der Waals surface area contributed by atoms with Crippen LogP contribution in [0.3, 0.4) is 0 Å². The van der Waals surface area contributed by atoms with E-state index in [4.69, 9.17) is 5.11 Å². The molecule has 0 saturated heterocycles. The summed E-state index contributed by atoms with van der Waals surface area (Å²) in [6.07, 6.45) is 10.9. The van der Waals surface area contributed by atoms with Crippen molar-refractivity contribution in [1.29, 1.82) is 0 Å². The van der Waals surface area contributed by atoms with Gasteiger partial charge in [-0.1, -0.05) is 12.8 Å². The molecule has 3 heteroatoms. The summed E-state index contributed by atoms with van der Waals surface area (Å²) in [7, 11) is 0. The SMILES string of the molecule is O=C(NCCCCCCO)C1C2CC3CC(C2)CC1C3. The molecule has 0 aromatic heterocycles. The van der Waals surface area contributed by atoms with Gasteiger partial charge in [-0.05, 0) is 68.6 Å². The van der Waals surface area contributed by atoms with Gasteiger partial charge in [-0.25, -0.2) is 0 Å². The highest BCUT2D eigenvalue weighted by atomic mass is 16.2. The summed E-state index contributed by atoms with van der Waals surface area (Å²) >= 11 is 0. The Morgan fingerprint density at radius 3 is 2.10 bits per heavy atom. The van der Waals surface area contributed by atoms with Crippen molar-refractivity contribution >= 4 is 5.91 Å². The van der Waals surface area contributed by atoms with Crippen LogP contribution in [0.2, 0.25) is 0 Å². The van der Waals surface area contributed by atoms with Crippen molar-refractivity contribution in [3.05, 3.63) is 0 Å². The lowest BCUT2D eigenvalue weighted by molar-refractivity contribution is -0.138. The van der Waals surface area contributed by atoms with Crippen LogP contribution < -0.4 is 5.32 Å². The Labute approximate surface area is 122 Å². The van der Waals surface area contributed by atoms with Gasteiger partial charge in [0.15, 0.2) is 0 Å². The topological polar surface area (TPSA) is 49.3 Å². The molecular weight excluding hydrogens is 250 g/mol. The van der Waals surface area contributed by atoms with Crippen LogP contribution >= 0.6 is 0 Å². The third-order valence-corrected chi connectivity index (χ3v) is 5.91. The Morgan fingerprint density at radius 2 is 1.50 bits per heavy atom. The second kappa shape index (κ2) is 6.46. The normalized spacial score (nSPS) is 38.1. The average Bonchev–Trinajstić information content (AvgIpc) is 2.41. The molecule has 2 N–H and O–H groups in total. The number of hydrogen-bond donors (Lipinski definition) is 2. The molecule has 0 unspecified atom stereocenters. The van der Waals surface area contributed by atoms with Gasteiger partial charge in [-0.15, -0.1) is 0 Å². The maximum absolute atomic E-state index is 12.5. The molecule has 0 spiro atoms. The number of aliphatic hydroxyl groups is 1. The third-order valence-electron chi connectivity index (χ3n) is 5.91. The zero-order valence-corrected chi connectivity index (χ0v) is 12.5. The molecule has 4 aliphatic carbocycles. The first kappa shape index (κ1) is 14.4. The van der Waals surface area contributed by atoms with E-state index < -0.39 is 0 Å². The molecule has 0 heterocycles. The predicted octanol–water partition coefficient (Wildman–Crippen LogP) is 2.73. The van der Waals surface area contributed by atoms with Crippen LogP contribution in [0.4, 0.5) is 0 Å². The van der Waals surface area contributed by atoms with Gasteiger partial charge < -0.3 is 10.4 Å². The van der Waals surface area contributed by atoms with Gasteiger partial charge in [0.05, 0.1) is 0 Å². The number of amides is 1. The lowest BCUT2D eigenvalue weighted by Crippen LogP contribution is -2.51. The molecule has 114 valence electrons. The van der Waals surface area contributed by atoms with Crippen LogP contribution in [0, 0.1) is 29.6 Å². The molecule has 0 atom stereocenters. The summed E-state index contributed by atoms with van der Waals surface area (Å²) in [5, 5.41) is 11.9. The van der Waals surface area contributed by atoms with Gasteiger partial charge in [0.2, 0.25) is 5.91 Å². The molecule has 4 aliphatic rings. The van der Waals surface area contributed by atoms with E-state index in [1.807, 2.05) is 0 Å². The quantitative estimate of drug-likeness (QED) is 0.704. The van der Waals surface area contributed by atoms with Crippen molar-refractivity contribution < 1.29 is 9.90 Å². The van der Waals surface area contributed by atoms with Crippen molar-refractivity contribution in [1.82, 2.24) is 5.32 Å². The van der Waals surface area contributed by atoms with Crippen molar-refractivity contribution in [2.45, 2.75) is 57.8 Å². The zero-order valence-electron chi connectivity index (χ0n) is 12.5. The monoisotopic (exact) mass is 279 g/mol. The Morgan fingerprint density at radius 1 is 0.900 bits per heavy atom. The van der Waals surface area contributed by atoms with E-state index in [2.05, 4.69) is 5.32 Å². The maximum atomic E-state index is 12.5. The molecule has 0 radical (unpaired) electrons. The summed E-state index contributed by atoms with van der Waals surface area (Å²) in [6.45, 7) is 1.12. The number of aliphatic hydroxyl groups excluding tert-OH is 1. The standard InChI is InChI=1S/C17H29NO2/c19-6-4-2-1-3-5-18-17(20)16-14-8-12-7-13(10-14)11-15(16)9-12/h12-16,19H,1-11H2,(H,18,20). The summed E-state index contributed by atoms with van der Waals surface area (Å²) < 4.78 is 0. The van der Waals surface area contributed by atoms with E-state index in [1.165, 1.54) is 32.1 Å². The molecule has 4 rings (SSSR count). The first-order chi connectivity index (χ1) is 9.78. The molecule has 0 aliphatic heterocycles. The number of hydrogen-bond acceptors (Lipinski definition) is 2. The largest absolute Gasteiger partial charge is 0.396 e. The number of nitrogens with one attached hydrogen (secondary N) is 1. The highest BCUT2D eigenvalue weighted by Gasteiger charge is 2.50. The Bertz CT molecular complexity index is 314. The van der Waals surface area contributed by atoms with Crippen molar-refractivity contribution in [3.63, 3.8) is 0 Å². The van der Waals surface area contributed by atoms with Gasteiger partial charge in [-0.3, -0.25) is 4.79 Å². The predicted molar refractivity (Wildman–Crippen MR) is 79.1 cm³/mol. The van der Waals surface area contributed by atoms with E-state index in [-0.39, 0.29) is 0 Å². The number of carbonyl (C=O) groups excluding carboxylic acids is 1. The molecule has 1 amide bonds. The molecule has 4 fully saturated rings. The summed E-state index contributed by atoms with van der Waals surface area (Å²) in [5.74, 6) is 3.96. The van der Waals surface area contributed by atoms with Crippen LogP contribution in [0.5, 0.6) is 0 Å². The minimum Gasteiger partial charge on any atom is -0.396 e. The van der Waals surface area contributed by atoms with Crippen LogP contribution in [0.1, 0.15) is 57.8 Å². The van der Waals surface area contributed by atoms with E-state index in [9.17, 15) is 4.79 Å². The smallest absolute Gasteiger partial charge is 0.223 e. The van der Waals surface area contributed by atoms with Gasteiger partial charge in [0.1, 0.15) is 0 Å². The molecule has 0 aromatic carbocycles. The Hall–Kier alpha value is -0.570. The summed E-state index contributed by atoms with van der Waals surface area (Å²) in [5.41, 5.74) is 0. The number of rotatable bonds is 7. The molecule has 0 aromatic rings. The molecule has 3 nitrogen and oxygen atoms in total. The average molecular weight is 279 g/mol. The van der Waals surface area contributed by atoms with Crippen LogP contribution in [-0.2, 0) is 4.79 Å². The molecular formula is C17H29NO2. The lowest BCUT2D eigenvalue weighted by atomic mass is 9.51. The van der Waals surface area contributed by atoms with Crippen molar-refractivity contribution in [3.8, 4) is 0 Å². The summed E-state index contributed by atoms with van der Waals surface area (Å²) in [4.78, 5) is 12.5. The van der Waals surface area contributed by atoms with Gasteiger partial charge >= 0.3 is 0 Å². The van der Waals surface area contributed by atoms with Gasteiger partial charge in [0, 0.05) is 19.1 Å². The first-order valence-corrected chi connectivity index (χ1v) is 8.66. The fourth-order valence-corrected chi connectivity index (χ4v) is 5.27. The second-order valence-electron chi connectivity index (χ2n) is 7.39. The number of unbranched alkanes of at least 4 members (excludes halogenated alkanes) is 3. The minimum absolute atomic E-state index is 0.292. The Balaban J connectivity index is 1.41. The van der Waals surface area contributed by atoms with Crippen LogP contribution in [0.15, 0.2) is 0 Å². The van der Waals surface area contributed by atoms with E-state index in [0.29, 0.717) is 30.3 Å². The zero-order chi connectivity index (χ0) is 13.9. The van der Waals surface area contributed by atoms with E-state index >= 15 is 0 Å². The molecule has 4 bridgehead atoms. The third kappa shape index (κ3) is 3.03. The fourth-order valence-electron chi connectivity index (χ4n) is 5.27. The summed E-state index contributed by atoms with van der Waals surface area (Å²) in [6, 6.07) is 0. The van der Waals surface area contributed by atoms with Crippen molar-refractivity contribution in [2.24, 2.45) is 29.6 Å². The second-order valence-corrected chi connectivity index (χ2v) is 7.39. The van der Waals surface area contributed by atoms with E-state index in [1.54, 1.807) is 0 Å². The Kier molecular flexibility index (Phi) is 4.65. The highest BCUT2D eigenvalue weighted by molar-refractivity contribution is 5.79. The van der Waals surface area contributed by atoms with Gasteiger partial charge in [0.25, 0.3) is 0 Å². The maximum Gasteiger partial charge on any atom is 0.223 e. The molecule has 4 saturated carbocycles. The lowest BCUT2D eigenvalue weighted by Gasteiger charge is -2.53. The molecule has 20 heavy (non-hydrogen) atoms. The van der Waals surface area contributed by atoms with Crippen LogP contribution in [0.25, 0.3) is 0 Å². The van der Waals surface area contributed by atoms with Crippen molar-refractivity contribution in [2.75, 3.05) is 13.2 Å². The van der Waals surface area contributed by atoms with E-state index in [0.717, 1.165) is 44.1 Å². The minimum atomic E-state index is 0.292. The van der Waals surface area contributed by atoms with Gasteiger partial charge in [-0.2, -0.15) is 0 Å². The highest BCUT2D eigenvalue weighted by Crippen LogP contribution is 2.56. The first-order valence-electron chi connectivity index (χ1n) is 8.66. The fraction of sp³-hybridized carbons (Fsp3) is 0.941.